The predicted octanol–water partition coefficient (Wildman–Crippen LogP) is 2.89. The van der Waals surface area contributed by atoms with Crippen LogP contribution in [0, 0.1) is 5.92 Å². The van der Waals surface area contributed by atoms with Crippen molar-refractivity contribution >= 4 is 28.8 Å². The maximum atomic E-state index is 14.6. The number of piperidine rings is 1. The molecule has 5 rings (SSSR count). The fraction of sp³-hybridized carbons (Fsp3) is 0.481. The highest BCUT2D eigenvalue weighted by atomic mass is 19.3. The van der Waals surface area contributed by atoms with Crippen LogP contribution in [0.25, 0.3) is 5.65 Å². The molecular formula is C27H31F3N6O4. The molecule has 0 aliphatic carbocycles. The monoisotopic (exact) mass is 560 g/mol. The minimum atomic E-state index is -2.84. The van der Waals surface area contributed by atoms with Crippen molar-refractivity contribution in [1.29, 1.82) is 0 Å². The summed E-state index contributed by atoms with van der Waals surface area (Å²) in [5, 5.41) is 26.9. The summed E-state index contributed by atoms with van der Waals surface area (Å²) >= 11 is 0. The van der Waals surface area contributed by atoms with Gasteiger partial charge in [0, 0.05) is 37.6 Å². The van der Waals surface area contributed by atoms with Crippen LogP contribution < -0.4 is 10.2 Å². The van der Waals surface area contributed by atoms with Gasteiger partial charge in [-0.15, -0.1) is 0 Å². The molecule has 10 nitrogen and oxygen atoms in total. The first kappa shape index (κ1) is 27.8. The second-order valence-electron chi connectivity index (χ2n) is 10.9. The average molecular weight is 561 g/mol. The van der Waals surface area contributed by atoms with Gasteiger partial charge in [-0.05, 0) is 56.4 Å². The molecule has 4 heterocycles. The molecule has 0 radical (unpaired) electrons. The molecule has 1 fully saturated rings. The topological polar surface area (TPSA) is 123 Å². The van der Waals surface area contributed by atoms with Gasteiger partial charge in [0.05, 0.1) is 29.7 Å². The molecule has 2 aliphatic rings. The number of nitrogens with one attached hydrogen (secondary N) is 1. The lowest BCUT2D eigenvalue weighted by Gasteiger charge is -2.36. The molecule has 1 saturated heterocycles. The third-order valence-electron chi connectivity index (χ3n) is 7.64. The average Bonchev–Trinajstić information content (AvgIpc) is 3.48. The molecule has 0 bridgehead atoms. The first-order chi connectivity index (χ1) is 18.9. The molecule has 1 aromatic carbocycles. The van der Waals surface area contributed by atoms with Gasteiger partial charge in [0.15, 0.2) is 5.65 Å². The Bertz CT molecular complexity index is 1420. The van der Waals surface area contributed by atoms with E-state index >= 15 is 0 Å². The molecule has 2 aromatic heterocycles. The molecule has 2 amide bonds. The zero-order valence-corrected chi connectivity index (χ0v) is 22.1. The Labute approximate surface area is 228 Å². The number of carbonyl (C=O) groups excluding carboxylic acids is 2. The van der Waals surface area contributed by atoms with Crippen LogP contribution in [0.5, 0.6) is 0 Å². The second kappa shape index (κ2) is 10.7. The fourth-order valence-corrected chi connectivity index (χ4v) is 5.20. The zero-order chi connectivity index (χ0) is 28.8. The normalized spacial score (nSPS) is 17.9. The molecule has 0 unspecified atom stereocenters. The Morgan fingerprint density at radius 2 is 1.95 bits per heavy atom. The maximum absolute atomic E-state index is 14.6. The summed E-state index contributed by atoms with van der Waals surface area (Å²) in [6.07, 6.45) is -1.05. The summed E-state index contributed by atoms with van der Waals surface area (Å²) in [6, 6.07) is 4.97. The summed E-state index contributed by atoms with van der Waals surface area (Å²) in [6.45, 7) is 3.09. The number of amides is 2. The van der Waals surface area contributed by atoms with Gasteiger partial charge in [-0.25, -0.2) is 22.7 Å². The third kappa shape index (κ3) is 5.35. The molecular weight excluding hydrogens is 529 g/mol. The van der Waals surface area contributed by atoms with E-state index in [-0.39, 0.29) is 18.7 Å². The highest BCUT2D eigenvalue weighted by Gasteiger charge is 2.37. The molecule has 2 atom stereocenters. The summed E-state index contributed by atoms with van der Waals surface area (Å²) in [5.74, 6) is -1.46. The molecule has 2 aliphatic heterocycles. The minimum Gasteiger partial charge on any atom is -0.387 e. The standard InChI is InChI=1S/C27H31F3N6O4/c1-27(2,40)21(28)14-35-13-16-10-19(33-25(38)18-12-32-36-7-3-6-31-24(18)36)20(11-17(16)26(35)39)34-8-4-15(5-9-34)22(37)23(29)30/h3,6-7,10-12,15,21-23,37,40H,4-5,8-9,13-14H2,1-2H3,(H,33,38)/t21-,22+/m0/s1. The number of hydrogen-bond acceptors (Lipinski definition) is 7. The number of nitrogens with zero attached hydrogens (tertiary/aromatic N) is 5. The van der Waals surface area contributed by atoms with E-state index in [2.05, 4.69) is 15.4 Å². The van der Waals surface area contributed by atoms with Gasteiger partial charge in [0.1, 0.15) is 17.8 Å². The largest absolute Gasteiger partial charge is 0.387 e. The number of hydrogen-bond donors (Lipinski definition) is 3. The predicted molar refractivity (Wildman–Crippen MR) is 140 cm³/mol. The van der Waals surface area contributed by atoms with Crippen LogP contribution in [-0.4, -0.2) is 85.5 Å². The lowest BCUT2D eigenvalue weighted by Crippen LogP contribution is -2.42. The molecule has 13 heteroatoms. The van der Waals surface area contributed by atoms with Crippen molar-refractivity contribution in [2.75, 3.05) is 29.9 Å². The van der Waals surface area contributed by atoms with Gasteiger partial charge < -0.3 is 25.3 Å². The number of fused-ring (bicyclic) bond motifs is 2. The van der Waals surface area contributed by atoms with Gasteiger partial charge in [0.25, 0.3) is 18.2 Å². The summed E-state index contributed by atoms with van der Waals surface area (Å²) in [5.41, 5.74) is 0.767. The van der Waals surface area contributed by atoms with Crippen molar-refractivity contribution in [2.24, 2.45) is 5.92 Å². The molecule has 0 saturated carbocycles. The number of alkyl halides is 3. The van der Waals surface area contributed by atoms with E-state index in [0.29, 0.717) is 54.1 Å². The lowest BCUT2D eigenvalue weighted by molar-refractivity contribution is -0.0441. The highest BCUT2D eigenvalue weighted by Crippen LogP contribution is 2.38. The van der Waals surface area contributed by atoms with Crippen molar-refractivity contribution in [3.05, 3.63) is 53.5 Å². The summed E-state index contributed by atoms with van der Waals surface area (Å²) in [7, 11) is 0. The fourth-order valence-electron chi connectivity index (χ4n) is 5.20. The Morgan fingerprint density at radius 1 is 1.23 bits per heavy atom. The van der Waals surface area contributed by atoms with Gasteiger partial charge in [-0.1, -0.05) is 0 Å². The van der Waals surface area contributed by atoms with E-state index in [1.165, 1.54) is 29.5 Å². The molecule has 214 valence electrons. The van der Waals surface area contributed by atoms with Crippen molar-refractivity contribution in [3.63, 3.8) is 0 Å². The number of anilines is 2. The van der Waals surface area contributed by atoms with Crippen LogP contribution in [0.2, 0.25) is 0 Å². The minimum absolute atomic E-state index is 0.0920. The van der Waals surface area contributed by atoms with E-state index in [1.54, 1.807) is 30.6 Å². The maximum Gasteiger partial charge on any atom is 0.264 e. The smallest absolute Gasteiger partial charge is 0.264 e. The van der Waals surface area contributed by atoms with Crippen LogP contribution in [-0.2, 0) is 6.54 Å². The van der Waals surface area contributed by atoms with Crippen molar-refractivity contribution < 1.29 is 33.0 Å². The van der Waals surface area contributed by atoms with Crippen LogP contribution in [0.1, 0.15) is 53.0 Å². The summed E-state index contributed by atoms with van der Waals surface area (Å²) in [4.78, 5) is 33.9. The zero-order valence-electron chi connectivity index (χ0n) is 22.1. The Hall–Kier alpha value is -3.71. The Balaban J connectivity index is 1.45. The Morgan fingerprint density at radius 3 is 2.62 bits per heavy atom. The first-order valence-corrected chi connectivity index (χ1v) is 13.1. The van der Waals surface area contributed by atoms with Crippen molar-refractivity contribution in [1.82, 2.24) is 19.5 Å². The van der Waals surface area contributed by atoms with Crippen molar-refractivity contribution in [3.8, 4) is 0 Å². The van der Waals surface area contributed by atoms with E-state index in [0.717, 1.165) is 0 Å². The second-order valence-corrected chi connectivity index (χ2v) is 10.9. The SMILES string of the molecule is CC(C)(O)[C@@H](F)CN1Cc2cc(NC(=O)c3cnn4cccnc34)c(N3CCC([C@@H](O)C(F)F)CC3)cc2C1=O. The number of aliphatic hydroxyl groups excluding tert-OH is 1. The molecule has 0 spiro atoms. The molecule has 3 aromatic rings. The van der Waals surface area contributed by atoms with Crippen LogP contribution in [0.4, 0.5) is 24.5 Å². The molecule has 3 N–H and O–H groups in total. The lowest BCUT2D eigenvalue weighted by atomic mass is 9.91. The van der Waals surface area contributed by atoms with E-state index < -0.39 is 42.0 Å². The number of carbonyl (C=O) groups is 2. The number of halogens is 3. The van der Waals surface area contributed by atoms with E-state index in [9.17, 15) is 33.0 Å². The Kier molecular flexibility index (Phi) is 7.44. The van der Waals surface area contributed by atoms with Crippen molar-refractivity contribution in [2.45, 2.75) is 57.5 Å². The van der Waals surface area contributed by atoms with E-state index in [4.69, 9.17) is 0 Å². The van der Waals surface area contributed by atoms with Crippen LogP contribution in [0.3, 0.4) is 0 Å². The number of aliphatic hydroxyl groups is 2. The van der Waals surface area contributed by atoms with Gasteiger partial charge >= 0.3 is 0 Å². The quantitative estimate of drug-likeness (QED) is 0.387. The van der Waals surface area contributed by atoms with Gasteiger partial charge in [0.2, 0.25) is 0 Å². The molecule has 40 heavy (non-hydrogen) atoms. The third-order valence-corrected chi connectivity index (χ3v) is 7.64. The number of aromatic nitrogens is 3. The van der Waals surface area contributed by atoms with E-state index in [1.807, 2.05) is 4.90 Å². The first-order valence-electron chi connectivity index (χ1n) is 13.1. The number of benzene rings is 1. The summed E-state index contributed by atoms with van der Waals surface area (Å²) < 4.78 is 42.2. The van der Waals surface area contributed by atoms with Crippen LogP contribution >= 0.6 is 0 Å². The van der Waals surface area contributed by atoms with Gasteiger partial charge in [-0.2, -0.15) is 5.10 Å². The van der Waals surface area contributed by atoms with Gasteiger partial charge in [-0.3, -0.25) is 9.59 Å². The highest BCUT2D eigenvalue weighted by molar-refractivity contribution is 6.10. The number of rotatable bonds is 8. The van der Waals surface area contributed by atoms with Crippen LogP contribution in [0.15, 0.2) is 36.8 Å².